The van der Waals surface area contributed by atoms with E-state index in [-0.39, 0.29) is 12.5 Å². The Bertz CT molecular complexity index is 808. The smallest absolute Gasteiger partial charge is 0.416 e. The van der Waals surface area contributed by atoms with Gasteiger partial charge in [0, 0.05) is 18.3 Å². The lowest BCUT2D eigenvalue weighted by Crippen LogP contribution is -2.29. The van der Waals surface area contributed by atoms with E-state index in [1.54, 1.807) is 30.1 Å². The molecule has 0 heterocycles. The third kappa shape index (κ3) is 6.98. The van der Waals surface area contributed by atoms with Gasteiger partial charge in [-0.25, -0.2) is 0 Å². The van der Waals surface area contributed by atoms with E-state index in [0.717, 1.165) is 12.1 Å². The minimum atomic E-state index is -4.36. The Morgan fingerprint density at radius 2 is 1.62 bits per heavy atom. The minimum absolute atomic E-state index is 0.0815. The number of alkyl halides is 3. The topological polar surface area (TPSA) is 50.8 Å². The SMILES string of the molecule is CCOc1ccc(NC(=O)CN(C)Cc2ccc(C(F)(F)F)cc2)cc1OCC. The number of hydrogen-bond donors (Lipinski definition) is 1. The Morgan fingerprint density at radius 3 is 2.21 bits per heavy atom. The Balaban J connectivity index is 1.93. The van der Waals surface area contributed by atoms with E-state index in [0.29, 0.717) is 42.5 Å². The molecule has 5 nitrogen and oxygen atoms in total. The number of carbonyl (C=O) groups is 1. The van der Waals surface area contributed by atoms with Gasteiger partial charge in [-0.05, 0) is 50.7 Å². The molecule has 8 heteroatoms. The predicted octanol–water partition coefficient (Wildman–Crippen LogP) is 4.57. The summed E-state index contributed by atoms with van der Waals surface area (Å²) in [7, 11) is 1.72. The molecular formula is C21H25F3N2O3. The number of nitrogens with one attached hydrogen (secondary N) is 1. The summed E-state index contributed by atoms with van der Waals surface area (Å²) < 4.78 is 48.9. The first-order chi connectivity index (χ1) is 13.7. The Kier molecular flexibility index (Phi) is 7.90. The van der Waals surface area contributed by atoms with Crippen LogP contribution in [0.2, 0.25) is 0 Å². The fraction of sp³-hybridized carbons (Fsp3) is 0.381. The maximum atomic E-state index is 12.6. The molecule has 0 fully saturated rings. The third-order valence-electron chi connectivity index (χ3n) is 3.97. The van der Waals surface area contributed by atoms with Crippen molar-refractivity contribution in [2.75, 3.05) is 32.1 Å². The van der Waals surface area contributed by atoms with Crippen LogP contribution in [0.25, 0.3) is 0 Å². The molecule has 0 aliphatic heterocycles. The van der Waals surface area contributed by atoms with E-state index in [1.807, 2.05) is 13.8 Å². The molecular weight excluding hydrogens is 385 g/mol. The van der Waals surface area contributed by atoms with Crippen molar-refractivity contribution < 1.29 is 27.4 Å². The molecule has 0 saturated heterocycles. The zero-order valence-corrected chi connectivity index (χ0v) is 16.7. The van der Waals surface area contributed by atoms with Gasteiger partial charge < -0.3 is 14.8 Å². The fourth-order valence-corrected chi connectivity index (χ4v) is 2.74. The molecule has 0 bridgehead atoms. The monoisotopic (exact) mass is 410 g/mol. The molecule has 0 radical (unpaired) electrons. The summed E-state index contributed by atoms with van der Waals surface area (Å²) >= 11 is 0. The van der Waals surface area contributed by atoms with Gasteiger partial charge in [-0.2, -0.15) is 13.2 Å². The molecule has 29 heavy (non-hydrogen) atoms. The normalized spacial score (nSPS) is 11.4. The van der Waals surface area contributed by atoms with Gasteiger partial charge in [0.15, 0.2) is 11.5 Å². The summed E-state index contributed by atoms with van der Waals surface area (Å²) in [5.74, 6) is 0.906. The predicted molar refractivity (Wildman–Crippen MR) is 105 cm³/mol. The third-order valence-corrected chi connectivity index (χ3v) is 3.97. The highest BCUT2D eigenvalue weighted by molar-refractivity contribution is 5.92. The van der Waals surface area contributed by atoms with Crippen LogP contribution < -0.4 is 14.8 Å². The highest BCUT2D eigenvalue weighted by atomic mass is 19.4. The van der Waals surface area contributed by atoms with Crippen LogP contribution in [0.4, 0.5) is 18.9 Å². The van der Waals surface area contributed by atoms with E-state index in [4.69, 9.17) is 9.47 Å². The van der Waals surface area contributed by atoms with Gasteiger partial charge in [-0.15, -0.1) is 0 Å². The Morgan fingerprint density at radius 1 is 1.00 bits per heavy atom. The van der Waals surface area contributed by atoms with Crippen molar-refractivity contribution in [3.8, 4) is 11.5 Å². The highest BCUT2D eigenvalue weighted by Crippen LogP contribution is 2.31. The quantitative estimate of drug-likeness (QED) is 0.658. The Labute approximate surface area is 168 Å². The van der Waals surface area contributed by atoms with Crippen LogP contribution in [0.3, 0.4) is 0 Å². The van der Waals surface area contributed by atoms with Gasteiger partial charge in [-0.1, -0.05) is 12.1 Å². The first-order valence-electron chi connectivity index (χ1n) is 9.27. The highest BCUT2D eigenvalue weighted by Gasteiger charge is 2.29. The van der Waals surface area contributed by atoms with Gasteiger partial charge in [0.25, 0.3) is 0 Å². The minimum Gasteiger partial charge on any atom is -0.490 e. The largest absolute Gasteiger partial charge is 0.490 e. The second-order valence-electron chi connectivity index (χ2n) is 6.44. The van der Waals surface area contributed by atoms with Crippen LogP contribution in [-0.2, 0) is 17.5 Å². The van der Waals surface area contributed by atoms with Gasteiger partial charge >= 0.3 is 6.18 Å². The summed E-state index contributed by atoms with van der Waals surface area (Å²) in [4.78, 5) is 14.0. The molecule has 158 valence electrons. The van der Waals surface area contributed by atoms with E-state index < -0.39 is 11.7 Å². The molecule has 0 saturated carbocycles. The van der Waals surface area contributed by atoms with Crippen molar-refractivity contribution in [2.24, 2.45) is 0 Å². The van der Waals surface area contributed by atoms with Crippen LogP contribution in [0, 0.1) is 0 Å². The number of anilines is 1. The summed E-state index contributed by atoms with van der Waals surface area (Å²) in [6.45, 7) is 5.13. The second kappa shape index (κ2) is 10.2. The number of rotatable bonds is 9. The zero-order valence-electron chi connectivity index (χ0n) is 16.7. The number of likely N-dealkylation sites (N-methyl/N-ethyl adjacent to an activating group) is 1. The summed E-state index contributed by atoms with van der Waals surface area (Å²) in [5, 5.41) is 2.79. The second-order valence-corrected chi connectivity index (χ2v) is 6.44. The number of nitrogens with zero attached hydrogens (tertiary/aromatic N) is 1. The first kappa shape index (κ1) is 22.5. The van der Waals surface area contributed by atoms with Gasteiger partial charge in [0.1, 0.15) is 0 Å². The van der Waals surface area contributed by atoms with Crippen LogP contribution in [0.15, 0.2) is 42.5 Å². The van der Waals surface area contributed by atoms with E-state index >= 15 is 0 Å². The average molecular weight is 410 g/mol. The van der Waals surface area contributed by atoms with Crippen LogP contribution in [0.1, 0.15) is 25.0 Å². The fourth-order valence-electron chi connectivity index (χ4n) is 2.74. The van der Waals surface area contributed by atoms with Crippen molar-refractivity contribution in [1.29, 1.82) is 0 Å². The molecule has 0 aromatic heterocycles. The summed E-state index contributed by atoms with van der Waals surface area (Å²) in [5.41, 5.74) is 0.570. The number of hydrogen-bond acceptors (Lipinski definition) is 4. The zero-order chi connectivity index (χ0) is 21.4. The number of halogens is 3. The number of benzene rings is 2. The van der Waals surface area contributed by atoms with E-state index in [9.17, 15) is 18.0 Å². The lowest BCUT2D eigenvalue weighted by molar-refractivity contribution is -0.137. The molecule has 2 aromatic carbocycles. The first-order valence-corrected chi connectivity index (χ1v) is 9.27. The number of amides is 1. The molecule has 2 aromatic rings. The lowest BCUT2D eigenvalue weighted by Gasteiger charge is -2.17. The van der Waals surface area contributed by atoms with Gasteiger partial charge in [0.05, 0.1) is 25.3 Å². The molecule has 1 N–H and O–H groups in total. The molecule has 0 atom stereocenters. The molecule has 2 rings (SSSR count). The van der Waals surface area contributed by atoms with E-state index in [1.165, 1.54) is 12.1 Å². The van der Waals surface area contributed by atoms with Crippen molar-refractivity contribution in [2.45, 2.75) is 26.6 Å². The maximum absolute atomic E-state index is 12.6. The molecule has 1 amide bonds. The van der Waals surface area contributed by atoms with Crippen molar-refractivity contribution in [3.63, 3.8) is 0 Å². The lowest BCUT2D eigenvalue weighted by atomic mass is 10.1. The van der Waals surface area contributed by atoms with Crippen molar-refractivity contribution in [1.82, 2.24) is 4.90 Å². The molecule has 0 unspecified atom stereocenters. The molecule has 0 spiro atoms. The van der Waals surface area contributed by atoms with Crippen LogP contribution in [-0.4, -0.2) is 37.6 Å². The van der Waals surface area contributed by atoms with Gasteiger partial charge in [0.2, 0.25) is 5.91 Å². The number of carbonyl (C=O) groups excluding carboxylic acids is 1. The Hall–Kier alpha value is -2.74. The standard InChI is InChI=1S/C21H25F3N2O3/c1-4-28-18-11-10-17(12-19(18)29-5-2)25-20(27)14-26(3)13-15-6-8-16(9-7-15)21(22,23)24/h6-12H,4-5,13-14H2,1-3H3,(H,25,27). The van der Waals surface area contributed by atoms with Crippen molar-refractivity contribution >= 4 is 11.6 Å². The molecule has 0 aliphatic rings. The van der Waals surface area contributed by atoms with Crippen LogP contribution in [0.5, 0.6) is 11.5 Å². The summed E-state index contributed by atoms with van der Waals surface area (Å²) in [6, 6.07) is 10.1. The van der Waals surface area contributed by atoms with Crippen LogP contribution >= 0.6 is 0 Å². The average Bonchev–Trinajstić information content (AvgIpc) is 2.63. The van der Waals surface area contributed by atoms with Gasteiger partial charge in [-0.3, -0.25) is 9.69 Å². The van der Waals surface area contributed by atoms with Crippen molar-refractivity contribution in [3.05, 3.63) is 53.6 Å². The molecule has 0 aliphatic carbocycles. The summed E-state index contributed by atoms with van der Waals surface area (Å²) in [6.07, 6.45) is -4.36. The number of ether oxygens (including phenoxy) is 2. The van der Waals surface area contributed by atoms with E-state index in [2.05, 4.69) is 5.32 Å². The maximum Gasteiger partial charge on any atom is 0.416 e.